The summed E-state index contributed by atoms with van der Waals surface area (Å²) in [4.78, 5) is 4.01. The van der Waals surface area contributed by atoms with Crippen LogP contribution in [0.4, 0.5) is 23.2 Å². The van der Waals surface area contributed by atoms with Crippen LogP contribution in [0.25, 0.3) is 0 Å². The second-order valence-electron chi connectivity index (χ2n) is 5.57. The standard InChI is InChI=1S/C19H21F4N3O2/c1-4-24-19(25-10-12-17(22)13(20)9-14(21)18(12)23)26-11-6-7-15(28-5-2)16(8-11)27-3/h6-9H,4-5,10H2,1-3H3,(H2,24,25,26). The van der Waals surface area contributed by atoms with Crippen molar-refractivity contribution in [1.29, 1.82) is 0 Å². The van der Waals surface area contributed by atoms with Crippen LogP contribution in [0.3, 0.4) is 0 Å². The molecule has 28 heavy (non-hydrogen) atoms. The second-order valence-corrected chi connectivity index (χ2v) is 5.57. The van der Waals surface area contributed by atoms with Crippen LogP contribution in [0, 0.1) is 23.3 Å². The minimum Gasteiger partial charge on any atom is -0.493 e. The fourth-order valence-electron chi connectivity index (χ4n) is 2.38. The lowest BCUT2D eigenvalue weighted by Crippen LogP contribution is -2.30. The van der Waals surface area contributed by atoms with Gasteiger partial charge in [-0.2, -0.15) is 0 Å². The van der Waals surface area contributed by atoms with Gasteiger partial charge in [-0.3, -0.25) is 0 Å². The monoisotopic (exact) mass is 399 g/mol. The zero-order valence-corrected chi connectivity index (χ0v) is 15.7. The van der Waals surface area contributed by atoms with Gasteiger partial charge in [0.25, 0.3) is 0 Å². The Bertz CT molecular complexity index is 833. The summed E-state index contributed by atoms with van der Waals surface area (Å²) < 4.78 is 65.0. The number of methoxy groups -OCH3 is 1. The van der Waals surface area contributed by atoms with E-state index in [1.807, 2.05) is 6.92 Å². The molecule has 5 nitrogen and oxygen atoms in total. The SMILES string of the molecule is CCNC(=NCc1c(F)c(F)cc(F)c1F)Nc1ccc(OCC)c(OC)c1. The maximum atomic E-state index is 13.8. The quantitative estimate of drug-likeness (QED) is 0.317. The van der Waals surface area contributed by atoms with Crippen molar-refractivity contribution in [2.24, 2.45) is 4.99 Å². The summed E-state index contributed by atoms with van der Waals surface area (Å²) in [6, 6.07) is 5.20. The van der Waals surface area contributed by atoms with Crippen LogP contribution in [0.15, 0.2) is 29.3 Å². The molecule has 2 aromatic rings. The van der Waals surface area contributed by atoms with Gasteiger partial charge in [0.2, 0.25) is 0 Å². The minimum absolute atomic E-state index is 0.160. The van der Waals surface area contributed by atoms with Crippen LogP contribution in [-0.4, -0.2) is 26.2 Å². The molecule has 0 aliphatic rings. The predicted molar refractivity (Wildman–Crippen MR) is 98.9 cm³/mol. The normalized spacial score (nSPS) is 11.3. The van der Waals surface area contributed by atoms with Crippen LogP contribution in [0.1, 0.15) is 19.4 Å². The van der Waals surface area contributed by atoms with Gasteiger partial charge in [0, 0.05) is 24.4 Å². The number of ether oxygens (including phenoxy) is 2. The highest BCUT2D eigenvalue weighted by Gasteiger charge is 2.18. The van der Waals surface area contributed by atoms with E-state index < -0.39 is 35.4 Å². The molecular formula is C19H21F4N3O2. The van der Waals surface area contributed by atoms with Crippen molar-refractivity contribution in [2.75, 3.05) is 25.6 Å². The van der Waals surface area contributed by atoms with Crippen molar-refractivity contribution in [3.63, 3.8) is 0 Å². The highest BCUT2D eigenvalue weighted by molar-refractivity contribution is 5.93. The van der Waals surface area contributed by atoms with Gasteiger partial charge in [-0.05, 0) is 26.0 Å². The summed E-state index contributed by atoms with van der Waals surface area (Å²) in [5, 5.41) is 5.81. The first-order valence-electron chi connectivity index (χ1n) is 8.59. The third-order valence-electron chi connectivity index (χ3n) is 3.67. The van der Waals surface area contributed by atoms with E-state index in [1.165, 1.54) is 7.11 Å². The molecule has 2 rings (SSSR count). The zero-order chi connectivity index (χ0) is 20.7. The summed E-state index contributed by atoms with van der Waals surface area (Å²) in [5.41, 5.74) is -0.231. The number of nitrogens with zero attached hydrogens (tertiary/aromatic N) is 1. The van der Waals surface area contributed by atoms with Gasteiger partial charge in [-0.1, -0.05) is 0 Å². The van der Waals surface area contributed by atoms with Gasteiger partial charge >= 0.3 is 0 Å². The van der Waals surface area contributed by atoms with Crippen LogP contribution >= 0.6 is 0 Å². The first-order chi connectivity index (χ1) is 13.4. The number of benzene rings is 2. The van der Waals surface area contributed by atoms with Crippen LogP contribution in [-0.2, 0) is 6.54 Å². The Morgan fingerprint density at radius 2 is 1.68 bits per heavy atom. The van der Waals surface area contributed by atoms with Crippen molar-refractivity contribution in [1.82, 2.24) is 5.32 Å². The average Bonchev–Trinajstić information content (AvgIpc) is 2.67. The fraction of sp³-hybridized carbons (Fsp3) is 0.316. The number of nitrogens with one attached hydrogen (secondary N) is 2. The lowest BCUT2D eigenvalue weighted by Gasteiger charge is -2.14. The molecular weight excluding hydrogens is 378 g/mol. The second kappa shape index (κ2) is 9.82. The molecule has 0 radical (unpaired) electrons. The molecule has 0 aliphatic carbocycles. The maximum absolute atomic E-state index is 13.8. The number of rotatable bonds is 7. The van der Waals surface area contributed by atoms with Gasteiger partial charge in [0.1, 0.15) is 0 Å². The summed E-state index contributed by atoms with van der Waals surface area (Å²) in [6.45, 7) is 3.95. The van der Waals surface area contributed by atoms with Crippen LogP contribution in [0.5, 0.6) is 11.5 Å². The van der Waals surface area contributed by atoms with E-state index in [4.69, 9.17) is 9.47 Å². The molecule has 0 saturated heterocycles. The number of hydrogen-bond acceptors (Lipinski definition) is 3. The molecule has 0 unspecified atom stereocenters. The molecule has 2 aromatic carbocycles. The Labute approximate surface area is 160 Å². The smallest absolute Gasteiger partial charge is 0.196 e. The Morgan fingerprint density at radius 3 is 2.25 bits per heavy atom. The van der Waals surface area contributed by atoms with Crippen LogP contribution < -0.4 is 20.1 Å². The highest BCUT2D eigenvalue weighted by Crippen LogP contribution is 2.30. The largest absolute Gasteiger partial charge is 0.493 e. The number of aliphatic imine (C=N–C) groups is 1. The molecule has 9 heteroatoms. The van der Waals surface area contributed by atoms with Gasteiger partial charge in [-0.25, -0.2) is 22.6 Å². The van der Waals surface area contributed by atoms with E-state index in [0.29, 0.717) is 30.3 Å². The molecule has 0 amide bonds. The zero-order valence-electron chi connectivity index (χ0n) is 15.7. The van der Waals surface area contributed by atoms with E-state index in [1.54, 1.807) is 25.1 Å². The van der Waals surface area contributed by atoms with E-state index in [9.17, 15) is 17.6 Å². The summed E-state index contributed by atoms with van der Waals surface area (Å²) in [6.07, 6.45) is 0. The van der Waals surface area contributed by atoms with Crippen molar-refractivity contribution < 1.29 is 27.0 Å². The summed E-state index contributed by atoms with van der Waals surface area (Å²) >= 11 is 0. The fourth-order valence-corrected chi connectivity index (χ4v) is 2.38. The van der Waals surface area contributed by atoms with Gasteiger partial charge in [0.05, 0.1) is 25.8 Å². The molecule has 0 bridgehead atoms. The van der Waals surface area contributed by atoms with Gasteiger partial charge in [0.15, 0.2) is 40.7 Å². The number of guanidine groups is 1. The third kappa shape index (κ3) is 5.05. The first kappa shape index (κ1) is 21.3. The van der Waals surface area contributed by atoms with Crippen molar-refractivity contribution in [3.8, 4) is 11.5 Å². The summed E-state index contributed by atoms with van der Waals surface area (Å²) in [5.74, 6) is -4.69. The van der Waals surface area contributed by atoms with E-state index in [-0.39, 0.29) is 12.0 Å². The number of anilines is 1. The topological polar surface area (TPSA) is 54.9 Å². The minimum atomic E-state index is -1.47. The Morgan fingerprint density at radius 1 is 1.00 bits per heavy atom. The lowest BCUT2D eigenvalue weighted by molar-refractivity contribution is 0.311. The molecule has 0 aliphatic heterocycles. The van der Waals surface area contributed by atoms with E-state index >= 15 is 0 Å². The van der Waals surface area contributed by atoms with Crippen molar-refractivity contribution in [2.45, 2.75) is 20.4 Å². The molecule has 2 N–H and O–H groups in total. The Balaban J connectivity index is 2.27. The van der Waals surface area contributed by atoms with E-state index in [0.717, 1.165) is 0 Å². The Kier molecular flexibility index (Phi) is 7.48. The maximum Gasteiger partial charge on any atom is 0.196 e. The van der Waals surface area contributed by atoms with Crippen molar-refractivity contribution in [3.05, 3.63) is 53.1 Å². The lowest BCUT2D eigenvalue weighted by atomic mass is 10.2. The molecule has 0 saturated carbocycles. The first-order valence-corrected chi connectivity index (χ1v) is 8.59. The highest BCUT2D eigenvalue weighted by atomic mass is 19.2. The van der Waals surface area contributed by atoms with E-state index in [2.05, 4.69) is 15.6 Å². The van der Waals surface area contributed by atoms with Crippen molar-refractivity contribution >= 4 is 11.6 Å². The number of halogens is 4. The average molecular weight is 399 g/mol. The molecule has 0 atom stereocenters. The summed E-state index contributed by atoms with van der Waals surface area (Å²) in [7, 11) is 1.49. The predicted octanol–water partition coefficient (Wildman–Crippen LogP) is 4.23. The van der Waals surface area contributed by atoms with Crippen LogP contribution in [0.2, 0.25) is 0 Å². The molecule has 0 spiro atoms. The molecule has 0 fully saturated rings. The third-order valence-corrected chi connectivity index (χ3v) is 3.67. The Hall–Kier alpha value is -2.97. The molecule has 0 aromatic heterocycles. The molecule has 0 heterocycles. The van der Waals surface area contributed by atoms with Gasteiger partial charge in [-0.15, -0.1) is 0 Å². The number of hydrogen-bond donors (Lipinski definition) is 2. The molecule has 152 valence electrons. The van der Waals surface area contributed by atoms with Gasteiger partial charge < -0.3 is 20.1 Å².